The molecule has 0 saturated carbocycles. The normalized spacial score (nSPS) is 10.3. The third-order valence-electron chi connectivity index (χ3n) is 2.03. The quantitative estimate of drug-likeness (QED) is 0.700. The van der Waals surface area contributed by atoms with Crippen molar-refractivity contribution in [2.24, 2.45) is 0 Å². The maximum atomic E-state index is 10.8. The maximum Gasteiger partial charge on any atom is 0.228 e. The Labute approximate surface area is 87.0 Å². The molecule has 0 N–H and O–H groups in total. The molecule has 76 valence electrons. The summed E-state index contributed by atoms with van der Waals surface area (Å²) in [5, 5.41) is 0. The predicted molar refractivity (Wildman–Crippen MR) is 54.6 cm³/mol. The van der Waals surface area contributed by atoms with E-state index < -0.39 is 0 Å². The van der Waals surface area contributed by atoms with Gasteiger partial charge in [0.1, 0.15) is 11.5 Å². The number of pyridine rings is 1. The van der Waals surface area contributed by atoms with E-state index in [9.17, 15) is 4.79 Å². The highest BCUT2D eigenvalue weighted by molar-refractivity contribution is 5.82. The number of carbonyl (C=O) groups excluding carboxylic acids is 1. The van der Waals surface area contributed by atoms with Crippen molar-refractivity contribution >= 4 is 6.29 Å². The third kappa shape index (κ3) is 1.79. The number of hydrogen-bond acceptors (Lipinski definition) is 4. The Morgan fingerprint density at radius 2 is 2.13 bits per heavy atom. The Balaban J connectivity index is 2.57. The van der Waals surface area contributed by atoms with Gasteiger partial charge in [0, 0.05) is 5.69 Å². The molecular formula is C11H10N2O2. The Morgan fingerprint density at radius 3 is 2.73 bits per heavy atom. The van der Waals surface area contributed by atoms with Crippen molar-refractivity contribution in [3.05, 3.63) is 35.5 Å². The number of aldehydes is 1. The second kappa shape index (κ2) is 3.65. The number of aromatic nitrogens is 2. The first-order chi connectivity index (χ1) is 7.20. The van der Waals surface area contributed by atoms with Crippen LogP contribution in [0.3, 0.4) is 0 Å². The zero-order valence-corrected chi connectivity index (χ0v) is 8.52. The molecule has 0 aliphatic heterocycles. The highest BCUT2D eigenvalue weighted by Crippen LogP contribution is 2.21. The van der Waals surface area contributed by atoms with Gasteiger partial charge in [-0.15, -0.1) is 0 Å². The fraction of sp³-hybridized carbons (Fsp3) is 0.182. The minimum absolute atomic E-state index is 0.358. The van der Waals surface area contributed by atoms with Crippen molar-refractivity contribution in [2.75, 3.05) is 0 Å². The molecular weight excluding hydrogens is 192 g/mol. The van der Waals surface area contributed by atoms with Gasteiger partial charge in [-0.2, -0.15) is 0 Å². The van der Waals surface area contributed by atoms with Gasteiger partial charge in [0.05, 0.1) is 11.8 Å². The summed E-state index contributed by atoms with van der Waals surface area (Å²) in [5.74, 6) is 1.14. The summed E-state index contributed by atoms with van der Waals surface area (Å²) in [6.45, 7) is 3.64. The van der Waals surface area contributed by atoms with E-state index in [2.05, 4.69) is 9.97 Å². The second-order valence-corrected chi connectivity index (χ2v) is 3.28. The SMILES string of the molecule is Cc1ccc(-c2ncc(C)o2)c(C=O)n1. The zero-order valence-electron chi connectivity index (χ0n) is 8.52. The number of hydrogen-bond donors (Lipinski definition) is 0. The summed E-state index contributed by atoms with van der Waals surface area (Å²) >= 11 is 0. The average Bonchev–Trinajstić information content (AvgIpc) is 2.64. The van der Waals surface area contributed by atoms with Crippen LogP contribution in [0.25, 0.3) is 11.5 Å². The van der Waals surface area contributed by atoms with E-state index in [4.69, 9.17) is 4.42 Å². The molecule has 2 aromatic heterocycles. The Bertz CT molecular complexity index is 503. The van der Waals surface area contributed by atoms with Crippen molar-refractivity contribution in [1.82, 2.24) is 9.97 Å². The van der Waals surface area contributed by atoms with Crippen molar-refractivity contribution in [3.63, 3.8) is 0 Å². The van der Waals surface area contributed by atoms with Gasteiger partial charge < -0.3 is 4.42 Å². The molecule has 0 aliphatic rings. The molecule has 0 aliphatic carbocycles. The highest BCUT2D eigenvalue weighted by atomic mass is 16.4. The van der Waals surface area contributed by atoms with Gasteiger partial charge in [0.25, 0.3) is 0 Å². The van der Waals surface area contributed by atoms with Crippen molar-refractivity contribution < 1.29 is 9.21 Å². The van der Waals surface area contributed by atoms with Crippen LogP contribution in [0.1, 0.15) is 21.9 Å². The predicted octanol–water partition coefficient (Wildman–Crippen LogP) is 2.17. The van der Waals surface area contributed by atoms with Gasteiger partial charge >= 0.3 is 0 Å². The van der Waals surface area contributed by atoms with E-state index in [-0.39, 0.29) is 0 Å². The molecule has 15 heavy (non-hydrogen) atoms. The Kier molecular flexibility index (Phi) is 2.33. The molecule has 2 aromatic rings. The van der Waals surface area contributed by atoms with Gasteiger partial charge in [-0.1, -0.05) is 0 Å². The first kappa shape index (κ1) is 9.58. The van der Waals surface area contributed by atoms with Crippen molar-refractivity contribution in [3.8, 4) is 11.5 Å². The minimum Gasteiger partial charge on any atom is -0.441 e. The molecule has 4 heteroatoms. The molecule has 0 spiro atoms. The third-order valence-corrected chi connectivity index (χ3v) is 2.03. The van der Waals surface area contributed by atoms with Gasteiger partial charge in [-0.3, -0.25) is 4.79 Å². The average molecular weight is 202 g/mol. The summed E-state index contributed by atoms with van der Waals surface area (Å²) in [6.07, 6.45) is 2.33. The maximum absolute atomic E-state index is 10.8. The van der Waals surface area contributed by atoms with Gasteiger partial charge in [0.2, 0.25) is 5.89 Å². The van der Waals surface area contributed by atoms with E-state index in [1.165, 1.54) is 0 Å². The summed E-state index contributed by atoms with van der Waals surface area (Å²) in [4.78, 5) is 19.0. The summed E-state index contributed by atoms with van der Waals surface area (Å²) in [7, 11) is 0. The lowest BCUT2D eigenvalue weighted by Crippen LogP contribution is -1.94. The van der Waals surface area contributed by atoms with Crippen LogP contribution in [0.4, 0.5) is 0 Å². The van der Waals surface area contributed by atoms with Crippen LogP contribution < -0.4 is 0 Å². The molecule has 0 unspecified atom stereocenters. The number of aryl methyl sites for hydroxylation is 2. The van der Waals surface area contributed by atoms with Crippen LogP contribution in [0, 0.1) is 13.8 Å². The molecule has 0 saturated heterocycles. The lowest BCUT2D eigenvalue weighted by atomic mass is 10.2. The standard InChI is InChI=1S/C11H10N2O2/c1-7-3-4-9(10(6-14)13-7)11-12-5-8(2)15-11/h3-6H,1-2H3. The van der Waals surface area contributed by atoms with Gasteiger partial charge in [0.15, 0.2) is 6.29 Å². The van der Waals surface area contributed by atoms with E-state index >= 15 is 0 Å². The molecule has 4 nitrogen and oxygen atoms in total. The van der Waals surface area contributed by atoms with E-state index in [1.54, 1.807) is 19.2 Å². The number of nitrogens with zero attached hydrogens (tertiary/aromatic N) is 2. The fourth-order valence-corrected chi connectivity index (χ4v) is 1.33. The smallest absolute Gasteiger partial charge is 0.228 e. The number of rotatable bonds is 2. The van der Waals surface area contributed by atoms with Crippen LogP contribution in [-0.4, -0.2) is 16.3 Å². The molecule has 0 radical (unpaired) electrons. The summed E-state index contributed by atoms with van der Waals surface area (Å²) in [6, 6.07) is 3.61. The Hall–Kier alpha value is -1.97. The molecule has 0 amide bonds. The summed E-state index contributed by atoms with van der Waals surface area (Å²) < 4.78 is 5.34. The molecule has 0 bridgehead atoms. The monoisotopic (exact) mass is 202 g/mol. The zero-order chi connectivity index (χ0) is 10.8. The van der Waals surface area contributed by atoms with E-state index in [1.807, 2.05) is 13.0 Å². The number of oxazole rings is 1. The highest BCUT2D eigenvalue weighted by Gasteiger charge is 2.10. The Morgan fingerprint density at radius 1 is 1.33 bits per heavy atom. The van der Waals surface area contributed by atoms with Crippen LogP contribution in [-0.2, 0) is 0 Å². The topological polar surface area (TPSA) is 56.0 Å². The van der Waals surface area contributed by atoms with Crippen LogP contribution in [0.5, 0.6) is 0 Å². The van der Waals surface area contributed by atoms with Gasteiger partial charge in [-0.05, 0) is 26.0 Å². The molecule has 0 atom stereocenters. The van der Waals surface area contributed by atoms with Gasteiger partial charge in [-0.25, -0.2) is 9.97 Å². The lowest BCUT2D eigenvalue weighted by molar-refractivity contribution is 0.111. The molecule has 0 aromatic carbocycles. The molecule has 2 rings (SSSR count). The van der Waals surface area contributed by atoms with E-state index in [0.717, 1.165) is 5.69 Å². The van der Waals surface area contributed by atoms with Crippen LogP contribution in [0.15, 0.2) is 22.7 Å². The largest absolute Gasteiger partial charge is 0.441 e. The first-order valence-electron chi connectivity index (χ1n) is 4.56. The van der Waals surface area contributed by atoms with Crippen LogP contribution in [0.2, 0.25) is 0 Å². The van der Waals surface area contributed by atoms with Crippen molar-refractivity contribution in [1.29, 1.82) is 0 Å². The number of carbonyl (C=O) groups is 1. The molecule has 0 fully saturated rings. The second-order valence-electron chi connectivity index (χ2n) is 3.28. The lowest BCUT2D eigenvalue weighted by Gasteiger charge is -2.00. The minimum atomic E-state index is 0.358. The molecule has 2 heterocycles. The summed E-state index contributed by atoms with van der Waals surface area (Å²) in [5.41, 5.74) is 1.78. The van der Waals surface area contributed by atoms with Crippen LogP contribution >= 0.6 is 0 Å². The van der Waals surface area contributed by atoms with E-state index in [0.29, 0.717) is 29.2 Å². The fourth-order valence-electron chi connectivity index (χ4n) is 1.33. The van der Waals surface area contributed by atoms with Crippen molar-refractivity contribution in [2.45, 2.75) is 13.8 Å². The first-order valence-corrected chi connectivity index (χ1v) is 4.56.